The Morgan fingerprint density at radius 3 is 2.77 bits per heavy atom. The standard InChI is InChI=1S/C9H17NO3/c1-12-8-6-10-5-3-4-7(11)9(8)13-2/h3-4,7-11H,5-6H2,1-2H3/b4-3-/t7-,8+,9+/m1/s1. The largest absolute Gasteiger partial charge is 0.386 e. The monoisotopic (exact) mass is 187 g/mol. The van der Waals surface area contributed by atoms with Gasteiger partial charge in [0, 0.05) is 27.3 Å². The number of hydrogen-bond acceptors (Lipinski definition) is 4. The van der Waals surface area contributed by atoms with Crippen molar-refractivity contribution in [2.75, 3.05) is 27.3 Å². The van der Waals surface area contributed by atoms with E-state index < -0.39 is 6.10 Å². The van der Waals surface area contributed by atoms with E-state index in [1.165, 1.54) is 0 Å². The summed E-state index contributed by atoms with van der Waals surface area (Å²) in [4.78, 5) is 0. The van der Waals surface area contributed by atoms with Crippen LogP contribution >= 0.6 is 0 Å². The highest BCUT2D eigenvalue weighted by Gasteiger charge is 2.27. The predicted octanol–water partition coefficient (Wildman–Crippen LogP) is -0.463. The number of nitrogens with one attached hydrogen (secondary N) is 1. The summed E-state index contributed by atoms with van der Waals surface area (Å²) in [5, 5.41) is 12.8. The minimum atomic E-state index is -0.586. The van der Waals surface area contributed by atoms with Crippen LogP contribution in [0.4, 0.5) is 0 Å². The van der Waals surface area contributed by atoms with Crippen LogP contribution in [0.5, 0.6) is 0 Å². The van der Waals surface area contributed by atoms with Crippen LogP contribution in [-0.2, 0) is 9.47 Å². The maximum atomic E-state index is 9.66. The van der Waals surface area contributed by atoms with Crippen molar-refractivity contribution in [3.63, 3.8) is 0 Å². The summed E-state index contributed by atoms with van der Waals surface area (Å²) in [5.41, 5.74) is 0. The lowest BCUT2D eigenvalue weighted by Crippen LogP contribution is -2.46. The second kappa shape index (κ2) is 5.34. The lowest BCUT2D eigenvalue weighted by molar-refractivity contribution is -0.0805. The molecule has 0 saturated carbocycles. The van der Waals surface area contributed by atoms with Crippen molar-refractivity contribution in [1.82, 2.24) is 5.32 Å². The van der Waals surface area contributed by atoms with Crippen LogP contribution in [0.2, 0.25) is 0 Å². The lowest BCUT2D eigenvalue weighted by Gasteiger charge is -2.28. The zero-order valence-electron chi connectivity index (χ0n) is 8.06. The lowest BCUT2D eigenvalue weighted by atomic mass is 10.1. The summed E-state index contributed by atoms with van der Waals surface area (Å²) in [6, 6.07) is 0. The zero-order valence-corrected chi connectivity index (χ0v) is 8.06. The van der Waals surface area contributed by atoms with Crippen molar-refractivity contribution in [2.45, 2.75) is 18.3 Å². The van der Waals surface area contributed by atoms with Gasteiger partial charge in [-0.2, -0.15) is 0 Å². The Hall–Kier alpha value is -0.420. The molecule has 4 heteroatoms. The quantitative estimate of drug-likeness (QED) is 0.574. The van der Waals surface area contributed by atoms with Gasteiger partial charge in [0.2, 0.25) is 0 Å². The molecular weight excluding hydrogens is 170 g/mol. The average molecular weight is 187 g/mol. The third-order valence-corrected chi connectivity index (χ3v) is 2.22. The summed E-state index contributed by atoms with van der Waals surface area (Å²) in [6.07, 6.45) is 2.63. The van der Waals surface area contributed by atoms with Gasteiger partial charge in [0.15, 0.2) is 0 Å². The van der Waals surface area contributed by atoms with Crippen molar-refractivity contribution in [1.29, 1.82) is 0 Å². The maximum Gasteiger partial charge on any atom is 0.114 e. The molecule has 0 radical (unpaired) electrons. The van der Waals surface area contributed by atoms with Crippen molar-refractivity contribution < 1.29 is 14.6 Å². The third kappa shape index (κ3) is 2.77. The number of methoxy groups -OCH3 is 2. The van der Waals surface area contributed by atoms with E-state index in [1.54, 1.807) is 20.3 Å². The van der Waals surface area contributed by atoms with E-state index >= 15 is 0 Å². The minimum absolute atomic E-state index is 0.107. The van der Waals surface area contributed by atoms with Gasteiger partial charge in [0.1, 0.15) is 12.2 Å². The van der Waals surface area contributed by atoms with E-state index in [2.05, 4.69) is 5.32 Å². The van der Waals surface area contributed by atoms with E-state index in [0.29, 0.717) is 6.54 Å². The van der Waals surface area contributed by atoms with E-state index in [4.69, 9.17) is 9.47 Å². The van der Waals surface area contributed by atoms with Gasteiger partial charge in [-0.15, -0.1) is 0 Å². The minimum Gasteiger partial charge on any atom is -0.386 e. The zero-order chi connectivity index (χ0) is 9.68. The molecule has 3 atom stereocenters. The molecule has 1 rings (SSSR count). The summed E-state index contributed by atoms with van der Waals surface area (Å²) in [6.45, 7) is 1.45. The molecule has 13 heavy (non-hydrogen) atoms. The van der Waals surface area contributed by atoms with Gasteiger partial charge in [0.05, 0.1) is 6.10 Å². The summed E-state index contributed by atoms with van der Waals surface area (Å²) >= 11 is 0. The van der Waals surface area contributed by atoms with Crippen LogP contribution < -0.4 is 5.32 Å². The van der Waals surface area contributed by atoms with Gasteiger partial charge in [-0.25, -0.2) is 0 Å². The predicted molar refractivity (Wildman–Crippen MR) is 49.6 cm³/mol. The van der Waals surface area contributed by atoms with Crippen molar-refractivity contribution in [3.05, 3.63) is 12.2 Å². The molecule has 0 spiro atoms. The smallest absolute Gasteiger partial charge is 0.114 e. The summed E-state index contributed by atoms with van der Waals surface area (Å²) < 4.78 is 10.4. The fourth-order valence-electron chi connectivity index (χ4n) is 1.47. The SMILES string of the molecule is CO[C@H]1[C@H](O)/C=C\CNC[C@@H]1OC. The number of aliphatic hydroxyl groups excluding tert-OH is 1. The molecule has 0 aromatic carbocycles. The Labute approximate surface area is 78.5 Å². The highest BCUT2D eigenvalue weighted by Crippen LogP contribution is 2.09. The Bertz CT molecular complexity index is 172. The fraction of sp³-hybridized carbons (Fsp3) is 0.778. The first-order valence-electron chi connectivity index (χ1n) is 4.40. The van der Waals surface area contributed by atoms with Crippen LogP contribution in [0.3, 0.4) is 0 Å². The molecule has 0 aromatic heterocycles. The second-order valence-corrected chi connectivity index (χ2v) is 3.05. The van der Waals surface area contributed by atoms with Gasteiger partial charge in [-0.1, -0.05) is 12.2 Å². The molecule has 1 aliphatic rings. The van der Waals surface area contributed by atoms with Crippen molar-refractivity contribution >= 4 is 0 Å². The summed E-state index contributed by atoms with van der Waals surface area (Å²) in [5.74, 6) is 0. The number of rotatable bonds is 2. The molecule has 0 aromatic rings. The van der Waals surface area contributed by atoms with Crippen LogP contribution in [-0.4, -0.2) is 50.7 Å². The van der Waals surface area contributed by atoms with Crippen LogP contribution in [0.15, 0.2) is 12.2 Å². The Kier molecular flexibility index (Phi) is 4.38. The Balaban J connectivity index is 2.66. The van der Waals surface area contributed by atoms with E-state index in [9.17, 15) is 5.11 Å². The molecular formula is C9H17NO3. The van der Waals surface area contributed by atoms with Gasteiger partial charge in [-0.3, -0.25) is 0 Å². The first-order chi connectivity index (χ1) is 6.29. The molecule has 1 aliphatic heterocycles. The van der Waals surface area contributed by atoms with Crippen LogP contribution in [0.25, 0.3) is 0 Å². The van der Waals surface area contributed by atoms with E-state index in [1.807, 2.05) is 6.08 Å². The van der Waals surface area contributed by atoms with Gasteiger partial charge in [-0.05, 0) is 0 Å². The maximum absolute atomic E-state index is 9.66. The molecule has 0 amide bonds. The Morgan fingerprint density at radius 1 is 1.38 bits per heavy atom. The molecule has 0 aliphatic carbocycles. The average Bonchev–Trinajstić information content (AvgIpc) is 2.12. The second-order valence-electron chi connectivity index (χ2n) is 3.05. The molecule has 0 saturated heterocycles. The first kappa shape index (κ1) is 10.7. The number of hydrogen-bond donors (Lipinski definition) is 2. The van der Waals surface area contributed by atoms with Crippen molar-refractivity contribution in [3.8, 4) is 0 Å². The Morgan fingerprint density at radius 2 is 2.15 bits per heavy atom. The van der Waals surface area contributed by atoms with E-state index in [-0.39, 0.29) is 12.2 Å². The normalized spacial score (nSPS) is 37.9. The highest BCUT2D eigenvalue weighted by molar-refractivity contribution is 4.99. The molecule has 2 N–H and O–H groups in total. The topological polar surface area (TPSA) is 50.7 Å². The highest BCUT2D eigenvalue weighted by atomic mass is 16.5. The van der Waals surface area contributed by atoms with Gasteiger partial charge < -0.3 is 19.9 Å². The number of aliphatic hydroxyl groups is 1. The molecule has 1 heterocycles. The molecule has 0 unspecified atom stereocenters. The van der Waals surface area contributed by atoms with E-state index in [0.717, 1.165) is 6.54 Å². The van der Waals surface area contributed by atoms with Crippen LogP contribution in [0, 0.1) is 0 Å². The fourth-order valence-corrected chi connectivity index (χ4v) is 1.47. The first-order valence-corrected chi connectivity index (χ1v) is 4.40. The molecule has 0 fully saturated rings. The van der Waals surface area contributed by atoms with Crippen LogP contribution in [0.1, 0.15) is 0 Å². The molecule has 0 bridgehead atoms. The molecule has 4 nitrogen and oxygen atoms in total. The molecule has 76 valence electrons. The van der Waals surface area contributed by atoms with Gasteiger partial charge >= 0.3 is 0 Å². The van der Waals surface area contributed by atoms with Crippen molar-refractivity contribution in [2.24, 2.45) is 0 Å². The summed E-state index contributed by atoms with van der Waals surface area (Å²) in [7, 11) is 3.20. The van der Waals surface area contributed by atoms with Gasteiger partial charge in [0.25, 0.3) is 0 Å². The number of ether oxygens (including phenoxy) is 2. The third-order valence-electron chi connectivity index (χ3n) is 2.22.